The fourth-order valence-electron chi connectivity index (χ4n) is 1.54. The molecule has 0 spiro atoms. The highest BCUT2D eigenvalue weighted by Crippen LogP contribution is 2.24. The molecule has 6 nitrogen and oxygen atoms in total. The normalized spacial score (nSPS) is 24.8. The monoisotopic (exact) mass is 277 g/mol. The number of hydrogen-bond donors (Lipinski definition) is 1. The second-order valence-corrected chi connectivity index (χ2v) is 6.83. The van der Waals surface area contributed by atoms with Gasteiger partial charge in [0.25, 0.3) is 0 Å². The summed E-state index contributed by atoms with van der Waals surface area (Å²) in [4.78, 5) is 12.1. The van der Waals surface area contributed by atoms with Crippen LogP contribution in [0.25, 0.3) is 0 Å². The van der Waals surface area contributed by atoms with Gasteiger partial charge in [-0.1, -0.05) is 6.58 Å². The summed E-state index contributed by atoms with van der Waals surface area (Å²) in [6.07, 6.45) is 0.245. The lowest BCUT2D eigenvalue weighted by atomic mass is 10.0. The summed E-state index contributed by atoms with van der Waals surface area (Å²) < 4.78 is 35.7. The Morgan fingerprint density at radius 3 is 2.50 bits per heavy atom. The number of ether oxygens (including phenoxy) is 2. The summed E-state index contributed by atoms with van der Waals surface area (Å²) in [5.41, 5.74) is -2.04. The molecular formula is C11H19NO5S. The molecule has 0 amide bonds. The quantitative estimate of drug-likeness (QED) is 0.759. The Morgan fingerprint density at radius 2 is 2.11 bits per heavy atom. The van der Waals surface area contributed by atoms with E-state index in [2.05, 4.69) is 11.3 Å². The van der Waals surface area contributed by atoms with Crippen LogP contribution in [0.15, 0.2) is 12.0 Å². The van der Waals surface area contributed by atoms with E-state index in [4.69, 9.17) is 9.47 Å². The molecule has 0 aromatic carbocycles. The highest BCUT2D eigenvalue weighted by molar-refractivity contribution is 7.92. The Morgan fingerprint density at radius 1 is 1.50 bits per heavy atom. The summed E-state index contributed by atoms with van der Waals surface area (Å²) in [7, 11) is -3.73. The van der Waals surface area contributed by atoms with Crippen molar-refractivity contribution >= 4 is 16.0 Å². The first-order chi connectivity index (χ1) is 8.10. The van der Waals surface area contributed by atoms with Crippen molar-refractivity contribution in [2.24, 2.45) is 0 Å². The summed E-state index contributed by atoms with van der Waals surface area (Å²) in [6.45, 7) is 8.62. The molecule has 1 N–H and O–H groups in total. The van der Waals surface area contributed by atoms with Crippen LogP contribution in [0, 0.1) is 0 Å². The fourth-order valence-corrected chi connectivity index (χ4v) is 2.41. The Balaban J connectivity index is 2.94. The summed E-state index contributed by atoms with van der Waals surface area (Å²) >= 11 is 0. The first kappa shape index (κ1) is 15.1. The highest BCUT2D eigenvalue weighted by atomic mass is 32.2. The lowest BCUT2D eigenvalue weighted by molar-refractivity contribution is -0.162. The first-order valence-corrected chi connectivity index (χ1v) is 7.12. The van der Waals surface area contributed by atoms with Crippen molar-refractivity contribution in [3.05, 3.63) is 12.0 Å². The zero-order chi connectivity index (χ0) is 14.0. The number of rotatable bonds is 4. The van der Waals surface area contributed by atoms with Crippen LogP contribution in [-0.4, -0.2) is 38.7 Å². The minimum Gasteiger partial charge on any atom is -0.458 e. The molecule has 0 aromatic heterocycles. The highest BCUT2D eigenvalue weighted by Gasteiger charge is 2.47. The van der Waals surface area contributed by atoms with Gasteiger partial charge in [0.1, 0.15) is 5.60 Å². The lowest BCUT2D eigenvalue weighted by Gasteiger charge is -2.30. The molecule has 1 unspecified atom stereocenters. The third-order valence-corrected chi connectivity index (χ3v) is 3.48. The average molecular weight is 277 g/mol. The molecule has 7 heteroatoms. The molecule has 1 aliphatic rings. The van der Waals surface area contributed by atoms with Crippen molar-refractivity contribution in [2.45, 2.75) is 38.3 Å². The molecule has 1 aliphatic heterocycles. The van der Waals surface area contributed by atoms with Crippen molar-refractivity contribution in [3.63, 3.8) is 0 Å². The van der Waals surface area contributed by atoms with Gasteiger partial charge in [-0.05, 0) is 20.8 Å². The molecule has 0 saturated carbocycles. The summed E-state index contributed by atoms with van der Waals surface area (Å²) in [5.74, 6) is -0.627. The topological polar surface area (TPSA) is 81.7 Å². The van der Waals surface area contributed by atoms with E-state index in [0.717, 1.165) is 5.41 Å². The number of sulfonamides is 1. The maximum absolute atomic E-state index is 12.1. The molecule has 18 heavy (non-hydrogen) atoms. The largest absolute Gasteiger partial charge is 0.458 e. The second kappa shape index (κ2) is 4.99. The van der Waals surface area contributed by atoms with E-state index in [-0.39, 0.29) is 13.0 Å². The summed E-state index contributed by atoms with van der Waals surface area (Å²) in [5, 5.41) is 0.761. The second-order valence-electron chi connectivity index (χ2n) is 5.20. The maximum atomic E-state index is 12.1. The molecule has 0 aromatic rings. The molecule has 1 rings (SSSR count). The van der Waals surface area contributed by atoms with Gasteiger partial charge in [-0.3, -0.25) is 0 Å². The van der Waals surface area contributed by atoms with E-state index in [9.17, 15) is 13.2 Å². The lowest BCUT2D eigenvalue weighted by Crippen LogP contribution is -2.56. The predicted molar refractivity (Wildman–Crippen MR) is 66.3 cm³/mol. The Kier molecular flexibility index (Phi) is 4.19. The molecule has 1 atom stereocenters. The molecular weight excluding hydrogens is 258 g/mol. The van der Waals surface area contributed by atoms with E-state index in [1.165, 1.54) is 0 Å². The molecule has 104 valence electrons. The van der Waals surface area contributed by atoms with Crippen LogP contribution in [0.2, 0.25) is 0 Å². The molecule has 0 bridgehead atoms. The van der Waals surface area contributed by atoms with Crippen LogP contribution < -0.4 is 4.72 Å². The molecule has 1 heterocycles. The van der Waals surface area contributed by atoms with E-state index in [1.807, 2.05) is 0 Å². The smallest absolute Gasteiger partial charge is 0.330 e. The third kappa shape index (κ3) is 3.79. The third-order valence-electron chi connectivity index (χ3n) is 2.37. The van der Waals surface area contributed by atoms with Gasteiger partial charge in [0, 0.05) is 18.4 Å². The predicted octanol–water partition coefficient (Wildman–Crippen LogP) is 0.550. The summed E-state index contributed by atoms with van der Waals surface area (Å²) in [6, 6.07) is 0. The molecule has 1 fully saturated rings. The zero-order valence-corrected chi connectivity index (χ0v) is 11.7. The van der Waals surface area contributed by atoms with Gasteiger partial charge in [-0.15, -0.1) is 0 Å². The first-order valence-electron chi connectivity index (χ1n) is 5.58. The van der Waals surface area contributed by atoms with Gasteiger partial charge in [0.05, 0.1) is 6.61 Å². The number of nitrogens with one attached hydrogen (secondary N) is 1. The molecule has 1 saturated heterocycles. The fraction of sp³-hybridized carbons (Fsp3) is 0.727. The minimum atomic E-state index is -3.73. The van der Waals surface area contributed by atoms with Gasteiger partial charge >= 0.3 is 5.97 Å². The zero-order valence-electron chi connectivity index (χ0n) is 10.9. The van der Waals surface area contributed by atoms with Crippen LogP contribution in [0.3, 0.4) is 0 Å². The van der Waals surface area contributed by atoms with Crippen LogP contribution in [0.4, 0.5) is 0 Å². The van der Waals surface area contributed by atoms with E-state index in [0.29, 0.717) is 6.61 Å². The van der Waals surface area contributed by atoms with E-state index >= 15 is 0 Å². The Bertz CT molecular complexity index is 429. The van der Waals surface area contributed by atoms with E-state index < -0.39 is 27.1 Å². The van der Waals surface area contributed by atoms with Crippen molar-refractivity contribution in [1.82, 2.24) is 4.72 Å². The van der Waals surface area contributed by atoms with Crippen molar-refractivity contribution in [1.29, 1.82) is 0 Å². The number of hydrogen-bond acceptors (Lipinski definition) is 5. The SMILES string of the molecule is C=CS(=O)(=O)NC1(C(=O)OC(C)(C)C)CCOC1. The van der Waals surface area contributed by atoms with Gasteiger partial charge < -0.3 is 9.47 Å². The van der Waals surface area contributed by atoms with E-state index in [1.54, 1.807) is 20.8 Å². The molecule has 0 radical (unpaired) electrons. The maximum Gasteiger partial charge on any atom is 0.330 e. The van der Waals surface area contributed by atoms with Crippen molar-refractivity contribution in [3.8, 4) is 0 Å². The standard InChI is InChI=1S/C11H19NO5S/c1-5-18(14,15)12-11(6-7-16-8-11)9(13)17-10(2,3)4/h5,12H,1,6-8H2,2-4H3. The average Bonchev–Trinajstić information content (AvgIpc) is 2.64. The van der Waals surface area contributed by atoms with Gasteiger partial charge in [0.15, 0.2) is 5.54 Å². The van der Waals surface area contributed by atoms with Gasteiger partial charge in [-0.2, -0.15) is 4.72 Å². The van der Waals surface area contributed by atoms with Crippen molar-refractivity contribution in [2.75, 3.05) is 13.2 Å². The Hall–Kier alpha value is -0.920. The van der Waals surface area contributed by atoms with Crippen LogP contribution in [0.5, 0.6) is 0 Å². The minimum absolute atomic E-state index is 0.0328. The van der Waals surface area contributed by atoms with Gasteiger partial charge in [-0.25, -0.2) is 13.2 Å². The number of esters is 1. The van der Waals surface area contributed by atoms with Crippen LogP contribution in [0.1, 0.15) is 27.2 Å². The van der Waals surface area contributed by atoms with Crippen LogP contribution >= 0.6 is 0 Å². The molecule has 0 aliphatic carbocycles. The van der Waals surface area contributed by atoms with Gasteiger partial charge in [0.2, 0.25) is 10.0 Å². The number of carbonyl (C=O) groups is 1. The Labute approximate surface area is 107 Å². The van der Waals surface area contributed by atoms with Crippen LogP contribution in [-0.2, 0) is 24.3 Å². The van der Waals surface area contributed by atoms with Crippen molar-refractivity contribution < 1.29 is 22.7 Å². The number of carbonyl (C=O) groups excluding carboxylic acids is 1.